The van der Waals surface area contributed by atoms with Gasteiger partial charge in [-0.25, -0.2) is 4.98 Å². The van der Waals surface area contributed by atoms with Gasteiger partial charge >= 0.3 is 0 Å². The lowest BCUT2D eigenvalue weighted by Gasteiger charge is -2.28. The van der Waals surface area contributed by atoms with E-state index in [2.05, 4.69) is 55.7 Å². The molecular formula is C22H31N3OS. The minimum absolute atomic E-state index is 0.00845. The maximum absolute atomic E-state index is 12.6. The molecule has 1 aliphatic rings. The van der Waals surface area contributed by atoms with Gasteiger partial charge < -0.3 is 10.6 Å². The summed E-state index contributed by atoms with van der Waals surface area (Å²) < 4.78 is 0. The van der Waals surface area contributed by atoms with Crippen molar-refractivity contribution in [3.63, 3.8) is 0 Å². The summed E-state index contributed by atoms with van der Waals surface area (Å²) in [6.07, 6.45) is 3.04. The van der Waals surface area contributed by atoms with Crippen molar-refractivity contribution in [2.45, 2.75) is 53.0 Å². The standard InChI is InChI=1S/C22H31N3OS/c1-14-7-9-18(10-8-14)22-25-17(4)21(27-22)16(3)24-20(26)12-15(2)19-6-5-11-23-13-19/h7-10,15-16,19,23H,5-6,11-13H2,1-4H3,(H,24,26). The Bertz CT molecular complexity index is 762. The van der Waals surface area contributed by atoms with Crippen LogP contribution in [0.5, 0.6) is 0 Å². The number of piperidine rings is 1. The first-order valence-electron chi connectivity index (χ1n) is 9.98. The quantitative estimate of drug-likeness (QED) is 0.762. The zero-order chi connectivity index (χ0) is 19.4. The molecular weight excluding hydrogens is 354 g/mol. The third-order valence-corrected chi connectivity index (χ3v) is 6.94. The molecule has 2 N–H and O–H groups in total. The fourth-order valence-electron chi connectivity index (χ4n) is 3.82. The second-order valence-corrected chi connectivity index (χ2v) is 8.94. The van der Waals surface area contributed by atoms with Crippen molar-refractivity contribution < 1.29 is 4.79 Å². The normalized spacial score (nSPS) is 19.5. The smallest absolute Gasteiger partial charge is 0.220 e. The van der Waals surface area contributed by atoms with Crippen LogP contribution >= 0.6 is 11.3 Å². The van der Waals surface area contributed by atoms with Gasteiger partial charge in [-0.2, -0.15) is 0 Å². The summed E-state index contributed by atoms with van der Waals surface area (Å²) in [6, 6.07) is 8.43. The van der Waals surface area contributed by atoms with E-state index in [9.17, 15) is 4.79 Å². The maximum atomic E-state index is 12.6. The van der Waals surface area contributed by atoms with Crippen molar-refractivity contribution in [2.24, 2.45) is 11.8 Å². The second kappa shape index (κ2) is 8.98. The van der Waals surface area contributed by atoms with E-state index >= 15 is 0 Å². The molecule has 1 fully saturated rings. The first kappa shape index (κ1) is 20.0. The third-order valence-electron chi connectivity index (χ3n) is 5.55. The van der Waals surface area contributed by atoms with Crippen LogP contribution < -0.4 is 10.6 Å². The van der Waals surface area contributed by atoms with Gasteiger partial charge in [-0.15, -0.1) is 11.3 Å². The highest BCUT2D eigenvalue weighted by Gasteiger charge is 2.23. The van der Waals surface area contributed by atoms with E-state index < -0.39 is 0 Å². The molecule has 0 bridgehead atoms. The first-order chi connectivity index (χ1) is 12.9. The molecule has 0 spiro atoms. The molecule has 5 heteroatoms. The van der Waals surface area contributed by atoms with E-state index in [1.165, 1.54) is 18.4 Å². The number of aromatic nitrogens is 1. The highest BCUT2D eigenvalue weighted by atomic mass is 32.1. The van der Waals surface area contributed by atoms with E-state index in [4.69, 9.17) is 4.98 Å². The lowest BCUT2D eigenvalue weighted by Crippen LogP contribution is -2.36. The number of nitrogens with zero attached hydrogens (tertiary/aromatic N) is 1. The Morgan fingerprint density at radius 1 is 1.30 bits per heavy atom. The zero-order valence-corrected chi connectivity index (χ0v) is 17.7. The van der Waals surface area contributed by atoms with Crippen LogP contribution in [-0.2, 0) is 4.79 Å². The van der Waals surface area contributed by atoms with Gasteiger partial charge in [0.25, 0.3) is 0 Å². The molecule has 2 heterocycles. The van der Waals surface area contributed by atoms with Crippen LogP contribution in [0.3, 0.4) is 0 Å². The molecule has 0 radical (unpaired) electrons. The Kier molecular flexibility index (Phi) is 6.66. The topological polar surface area (TPSA) is 54.0 Å². The Hall–Kier alpha value is -1.72. The van der Waals surface area contributed by atoms with Crippen molar-refractivity contribution >= 4 is 17.2 Å². The zero-order valence-electron chi connectivity index (χ0n) is 16.8. The van der Waals surface area contributed by atoms with E-state index in [0.29, 0.717) is 18.3 Å². The van der Waals surface area contributed by atoms with E-state index in [1.54, 1.807) is 11.3 Å². The van der Waals surface area contributed by atoms with Crippen molar-refractivity contribution in [1.29, 1.82) is 0 Å². The molecule has 1 aromatic heterocycles. The molecule has 3 rings (SSSR count). The number of hydrogen-bond acceptors (Lipinski definition) is 4. The summed E-state index contributed by atoms with van der Waals surface area (Å²) in [6.45, 7) is 10.5. The van der Waals surface area contributed by atoms with Gasteiger partial charge in [-0.1, -0.05) is 36.8 Å². The SMILES string of the molecule is Cc1ccc(-c2nc(C)c(C(C)NC(=O)CC(C)C3CCCNC3)s2)cc1. The van der Waals surface area contributed by atoms with Gasteiger partial charge in [0.05, 0.1) is 16.6 Å². The summed E-state index contributed by atoms with van der Waals surface area (Å²) in [5.41, 5.74) is 3.39. The molecule has 1 aromatic carbocycles. The van der Waals surface area contributed by atoms with Crippen molar-refractivity contribution in [2.75, 3.05) is 13.1 Å². The largest absolute Gasteiger partial charge is 0.349 e. The van der Waals surface area contributed by atoms with Crippen LogP contribution in [-0.4, -0.2) is 24.0 Å². The molecule has 0 aliphatic carbocycles. The van der Waals surface area contributed by atoms with Gasteiger partial charge in [0.2, 0.25) is 5.91 Å². The van der Waals surface area contributed by atoms with Crippen LogP contribution in [0.4, 0.5) is 0 Å². The summed E-state index contributed by atoms with van der Waals surface area (Å²) in [4.78, 5) is 18.4. The Morgan fingerprint density at radius 3 is 2.70 bits per heavy atom. The van der Waals surface area contributed by atoms with Crippen LogP contribution in [0.15, 0.2) is 24.3 Å². The van der Waals surface area contributed by atoms with Crippen molar-refractivity contribution in [3.05, 3.63) is 40.4 Å². The molecule has 1 aliphatic heterocycles. The fraction of sp³-hybridized carbons (Fsp3) is 0.545. The lowest BCUT2D eigenvalue weighted by molar-refractivity contribution is -0.123. The Labute approximate surface area is 166 Å². The van der Waals surface area contributed by atoms with Crippen LogP contribution in [0.2, 0.25) is 0 Å². The molecule has 0 saturated carbocycles. The number of amides is 1. The maximum Gasteiger partial charge on any atom is 0.220 e. The third kappa shape index (κ3) is 5.17. The second-order valence-electron chi connectivity index (χ2n) is 7.91. The average Bonchev–Trinajstić information content (AvgIpc) is 3.04. The minimum Gasteiger partial charge on any atom is -0.349 e. The van der Waals surface area contributed by atoms with E-state index in [0.717, 1.165) is 34.2 Å². The van der Waals surface area contributed by atoms with Gasteiger partial charge in [0.15, 0.2) is 0 Å². The van der Waals surface area contributed by atoms with Gasteiger partial charge in [-0.05, 0) is 58.5 Å². The molecule has 1 saturated heterocycles. The number of aryl methyl sites for hydroxylation is 2. The van der Waals surface area contributed by atoms with Crippen molar-refractivity contribution in [1.82, 2.24) is 15.6 Å². The van der Waals surface area contributed by atoms with Crippen LogP contribution in [0.25, 0.3) is 10.6 Å². The minimum atomic E-state index is -0.00845. The molecule has 2 aromatic rings. The van der Waals surface area contributed by atoms with Gasteiger partial charge in [0, 0.05) is 12.0 Å². The summed E-state index contributed by atoms with van der Waals surface area (Å²) in [7, 11) is 0. The molecule has 146 valence electrons. The van der Waals surface area contributed by atoms with Gasteiger partial charge in [-0.3, -0.25) is 4.79 Å². The number of thiazole rings is 1. The summed E-state index contributed by atoms with van der Waals surface area (Å²) in [5, 5.41) is 7.66. The average molecular weight is 386 g/mol. The van der Waals surface area contributed by atoms with Gasteiger partial charge in [0.1, 0.15) is 5.01 Å². The van der Waals surface area contributed by atoms with E-state index in [-0.39, 0.29) is 11.9 Å². The number of hydrogen-bond donors (Lipinski definition) is 2. The molecule has 27 heavy (non-hydrogen) atoms. The summed E-state index contributed by atoms with van der Waals surface area (Å²) in [5.74, 6) is 1.17. The Morgan fingerprint density at radius 2 is 2.04 bits per heavy atom. The Balaban J connectivity index is 1.61. The van der Waals surface area contributed by atoms with E-state index in [1.807, 2.05) is 6.92 Å². The number of nitrogens with one attached hydrogen (secondary N) is 2. The predicted octanol–water partition coefficient (Wildman–Crippen LogP) is 4.63. The lowest BCUT2D eigenvalue weighted by atomic mass is 9.85. The van der Waals surface area contributed by atoms with Crippen LogP contribution in [0.1, 0.15) is 55.3 Å². The molecule has 3 atom stereocenters. The molecule has 3 unspecified atom stereocenters. The molecule has 1 amide bonds. The number of carbonyl (C=O) groups is 1. The number of benzene rings is 1. The summed E-state index contributed by atoms with van der Waals surface area (Å²) >= 11 is 1.68. The number of rotatable bonds is 6. The monoisotopic (exact) mass is 385 g/mol. The predicted molar refractivity (Wildman–Crippen MR) is 113 cm³/mol. The number of carbonyl (C=O) groups excluding carboxylic acids is 1. The fourth-order valence-corrected chi connectivity index (χ4v) is 4.89. The van der Waals surface area contributed by atoms with Crippen molar-refractivity contribution in [3.8, 4) is 10.6 Å². The van der Waals surface area contributed by atoms with Crippen LogP contribution in [0, 0.1) is 25.7 Å². The highest BCUT2D eigenvalue weighted by molar-refractivity contribution is 7.15. The molecule has 4 nitrogen and oxygen atoms in total. The first-order valence-corrected chi connectivity index (χ1v) is 10.8. The highest BCUT2D eigenvalue weighted by Crippen LogP contribution is 2.32.